The van der Waals surface area contributed by atoms with Crippen molar-refractivity contribution in [2.24, 2.45) is 11.8 Å². The normalized spacial score (nSPS) is 24.8. The molecule has 0 aromatic rings. The van der Waals surface area contributed by atoms with E-state index in [4.69, 9.17) is 14.2 Å². The maximum absolute atomic E-state index is 11.8. The van der Waals surface area contributed by atoms with E-state index in [9.17, 15) is 4.79 Å². The van der Waals surface area contributed by atoms with Crippen molar-refractivity contribution < 1.29 is 19.0 Å². The Labute approximate surface area is 103 Å². The molecule has 1 rings (SSSR count). The number of methoxy groups -OCH3 is 1. The smallest absolute Gasteiger partial charge is 0.337 e. The highest BCUT2D eigenvalue weighted by Gasteiger charge is 2.35. The second kappa shape index (κ2) is 6.05. The van der Waals surface area contributed by atoms with E-state index in [1.54, 1.807) is 6.92 Å². The Morgan fingerprint density at radius 2 is 2.18 bits per heavy atom. The molecule has 1 aliphatic heterocycles. The van der Waals surface area contributed by atoms with Crippen LogP contribution >= 0.6 is 0 Å². The topological polar surface area (TPSA) is 44.8 Å². The van der Waals surface area contributed by atoms with Gasteiger partial charge in [0.15, 0.2) is 6.29 Å². The first-order chi connectivity index (χ1) is 8.01. The molecule has 0 spiro atoms. The van der Waals surface area contributed by atoms with Gasteiger partial charge < -0.3 is 14.2 Å². The molecule has 1 aliphatic rings. The summed E-state index contributed by atoms with van der Waals surface area (Å²) in [5.41, 5.74) is 0.651. The molecule has 0 N–H and O–H groups in total. The monoisotopic (exact) mass is 242 g/mol. The number of carbonyl (C=O) groups is 1. The minimum atomic E-state index is -0.295. The molecule has 0 aromatic heterocycles. The maximum atomic E-state index is 11.8. The lowest BCUT2D eigenvalue weighted by atomic mass is 9.83. The van der Waals surface area contributed by atoms with Crippen molar-refractivity contribution in [2.75, 3.05) is 13.7 Å². The zero-order valence-corrected chi connectivity index (χ0v) is 11.3. The molecule has 0 bridgehead atoms. The largest absolute Gasteiger partial charge is 0.469 e. The second-order valence-corrected chi connectivity index (χ2v) is 4.55. The Morgan fingerprint density at radius 1 is 1.53 bits per heavy atom. The van der Waals surface area contributed by atoms with Gasteiger partial charge in [0.1, 0.15) is 5.76 Å². The summed E-state index contributed by atoms with van der Waals surface area (Å²) in [6.45, 7) is 8.52. The number of hydrogen-bond acceptors (Lipinski definition) is 4. The Morgan fingerprint density at radius 3 is 2.65 bits per heavy atom. The van der Waals surface area contributed by atoms with E-state index in [1.807, 2.05) is 6.92 Å². The Kier molecular flexibility index (Phi) is 5.00. The Bertz CT molecular complexity index is 307. The molecule has 0 aliphatic carbocycles. The highest BCUT2D eigenvalue weighted by molar-refractivity contribution is 5.89. The van der Waals surface area contributed by atoms with Crippen LogP contribution in [0.5, 0.6) is 0 Å². The molecule has 98 valence electrons. The lowest BCUT2D eigenvalue weighted by Gasteiger charge is -2.33. The van der Waals surface area contributed by atoms with E-state index >= 15 is 0 Å². The molecular formula is C13H22O4. The molecule has 0 saturated heterocycles. The summed E-state index contributed by atoms with van der Waals surface area (Å²) in [6, 6.07) is 0. The minimum absolute atomic E-state index is 0.132. The SMILES string of the molecule is CCO[C@H]1C[C@@H](C(C)C)C(C(=O)OC)=C(C)O1. The van der Waals surface area contributed by atoms with Gasteiger partial charge in [-0.1, -0.05) is 13.8 Å². The van der Waals surface area contributed by atoms with Gasteiger partial charge in [-0.3, -0.25) is 0 Å². The van der Waals surface area contributed by atoms with Crippen molar-refractivity contribution in [2.45, 2.75) is 40.4 Å². The van der Waals surface area contributed by atoms with Crippen molar-refractivity contribution in [3.05, 3.63) is 11.3 Å². The summed E-state index contributed by atoms with van der Waals surface area (Å²) in [6.07, 6.45) is 0.452. The fraction of sp³-hybridized carbons (Fsp3) is 0.769. The molecule has 0 unspecified atom stereocenters. The van der Waals surface area contributed by atoms with Gasteiger partial charge in [-0.05, 0) is 19.8 Å². The van der Waals surface area contributed by atoms with E-state index in [1.165, 1.54) is 7.11 Å². The van der Waals surface area contributed by atoms with Gasteiger partial charge in [-0.15, -0.1) is 0 Å². The summed E-state index contributed by atoms with van der Waals surface area (Å²) in [7, 11) is 1.40. The summed E-state index contributed by atoms with van der Waals surface area (Å²) >= 11 is 0. The maximum Gasteiger partial charge on any atom is 0.337 e. The lowest BCUT2D eigenvalue weighted by molar-refractivity contribution is -0.148. The predicted octanol–water partition coefficient (Wildman–Crippen LogP) is 2.49. The first-order valence-electron chi connectivity index (χ1n) is 6.08. The Balaban J connectivity index is 2.96. The van der Waals surface area contributed by atoms with E-state index in [0.717, 1.165) is 0 Å². The van der Waals surface area contributed by atoms with Crippen LogP contribution in [0.15, 0.2) is 11.3 Å². The molecule has 0 radical (unpaired) electrons. The van der Waals surface area contributed by atoms with Crippen LogP contribution in [-0.4, -0.2) is 26.0 Å². The van der Waals surface area contributed by atoms with Gasteiger partial charge in [0.05, 0.1) is 12.7 Å². The lowest BCUT2D eigenvalue weighted by Crippen LogP contribution is -2.33. The molecule has 2 atom stereocenters. The van der Waals surface area contributed by atoms with Gasteiger partial charge in [0, 0.05) is 18.9 Å². The third kappa shape index (κ3) is 3.22. The highest BCUT2D eigenvalue weighted by Crippen LogP contribution is 2.35. The molecule has 4 heteroatoms. The van der Waals surface area contributed by atoms with Crippen LogP contribution in [0.2, 0.25) is 0 Å². The minimum Gasteiger partial charge on any atom is -0.469 e. The predicted molar refractivity (Wildman–Crippen MR) is 64.2 cm³/mol. The van der Waals surface area contributed by atoms with Gasteiger partial charge in [-0.2, -0.15) is 0 Å². The first kappa shape index (κ1) is 14.0. The van der Waals surface area contributed by atoms with Gasteiger partial charge in [0.2, 0.25) is 0 Å². The number of rotatable bonds is 4. The van der Waals surface area contributed by atoms with Gasteiger partial charge in [-0.25, -0.2) is 4.79 Å². The summed E-state index contributed by atoms with van der Waals surface area (Å²) in [5, 5.41) is 0. The third-order valence-corrected chi connectivity index (χ3v) is 3.07. The fourth-order valence-corrected chi connectivity index (χ4v) is 2.19. The zero-order valence-electron chi connectivity index (χ0n) is 11.3. The van der Waals surface area contributed by atoms with Crippen LogP contribution in [-0.2, 0) is 19.0 Å². The average Bonchev–Trinajstić information content (AvgIpc) is 2.27. The van der Waals surface area contributed by atoms with E-state index < -0.39 is 0 Å². The average molecular weight is 242 g/mol. The van der Waals surface area contributed by atoms with Gasteiger partial charge >= 0.3 is 5.97 Å². The molecule has 0 fully saturated rings. The number of carbonyl (C=O) groups excluding carboxylic acids is 1. The molecule has 4 nitrogen and oxygen atoms in total. The number of hydrogen-bond donors (Lipinski definition) is 0. The van der Waals surface area contributed by atoms with Crippen molar-refractivity contribution in [3.8, 4) is 0 Å². The highest BCUT2D eigenvalue weighted by atomic mass is 16.7. The van der Waals surface area contributed by atoms with Crippen LogP contribution in [0.25, 0.3) is 0 Å². The quantitative estimate of drug-likeness (QED) is 0.710. The molecule has 0 aromatic carbocycles. The second-order valence-electron chi connectivity index (χ2n) is 4.55. The van der Waals surface area contributed by atoms with Crippen molar-refractivity contribution >= 4 is 5.97 Å². The summed E-state index contributed by atoms with van der Waals surface area (Å²) < 4.78 is 15.9. The molecular weight excluding hydrogens is 220 g/mol. The third-order valence-electron chi connectivity index (χ3n) is 3.07. The van der Waals surface area contributed by atoms with Crippen LogP contribution in [0.4, 0.5) is 0 Å². The van der Waals surface area contributed by atoms with Crippen LogP contribution in [0, 0.1) is 11.8 Å². The summed E-state index contributed by atoms with van der Waals surface area (Å²) in [4.78, 5) is 11.8. The fourth-order valence-electron chi connectivity index (χ4n) is 2.19. The number of ether oxygens (including phenoxy) is 3. The van der Waals surface area contributed by atoms with Crippen molar-refractivity contribution in [1.29, 1.82) is 0 Å². The van der Waals surface area contributed by atoms with E-state index in [-0.39, 0.29) is 18.2 Å². The summed E-state index contributed by atoms with van der Waals surface area (Å²) in [5.74, 6) is 0.815. The van der Waals surface area contributed by atoms with Crippen LogP contribution in [0.1, 0.15) is 34.1 Å². The van der Waals surface area contributed by atoms with Crippen LogP contribution < -0.4 is 0 Å². The molecule has 0 amide bonds. The van der Waals surface area contributed by atoms with E-state index in [2.05, 4.69) is 13.8 Å². The number of allylic oxidation sites excluding steroid dienone is 1. The molecule has 17 heavy (non-hydrogen) atoms. The first-order valence-corrected chi connectivity index (χ1v) is 6.08. The zero-order chi connectivity index (χ0) is 13.0. The van der Waals surface area contributed by atoms with Crippen LogP contribution in [0.3, 0.4) is 0 Å². The van der Waals surface area contributed by atoms with Gasteiger partial charge in [0.25, 0.3) is 0 Å². The Hall–Kier alpha value is -1.03. The number of esters is 1. The van der Waals surface area contributed by atoms with Crippen molar-refractivity contribution in [3.63, 3.8) is 0 Å². The molecule has 1 heterocycles. The van der Waals surface area contributed by atoms with Crippen molar-refractivity contribution in [1.82, 2.24) is 0 Å². The molecule has 0 saturated carbocycles. The van der Waals surface area contributed by atoms with E-state index in [0.29, 0.717) is 30.3 Å². The standard InChI is InChI=1S/C13H22O4/c1-6-16-11-7-10(8(2)3)12(9(4)17-11)13(14)15-5/h8,10-11H,6-7H2,1-5H3/t10-,11+/m0/s1.